The Kier molecular flexibility index (Phi) is 8.16. The second-order valence-corrected chi connectivity index (χ2v) is 5.54. The lowest BCUT2D eigenvalue weighted by Crippen LogP contribution is -2.40. The summed E-state index contributed by atoms with van der Waals surface area (Å²) in [6.07, 6.45) is 0. The summed E-state index contributed by atoms with van der Waals surface area (Å²) < 4.78 is 5.26. The fraction of sp³-hybridized carbons (Fsp3) is 0.389. The van der Waals surface area contributed by atoms with Gasteiger partial charge in [-0.3, -0.25) is 0 Å². The highest BCUT2D eigenvalue weighted by Gasteiger charge is 2.01. The van der Waals surface area contributed by atoms with Crippen molar-refractivity contribution < 1.29 is 4.74 Å². The van der Waals surface area contributed by atoms with Gasteiger partial charge in [-0.05, 0) is 55.3 Å². The predicted octanol–water partition coefficient (Wildman–Crippen LogP) is 3.93. The molecule has 23 heavy (non-hydrogen) atoms. The highest BCUT2D eigenvalue weighted by Crippen LogP contribution is 2.22. The van der Waals surface area contributed by atoms with Crippen LogP contribution in [0.1, 0.15) is 26.3 Å². The van der Waals surface area contributed by atoms with E-state index in [9.17, 15) is 0 Å². The number of nitrogens with zero attached hydrogens (tertiary/aromatic N) is 1. The predicted molar refractivity (Wildman–Crippen MR) is 109 cm³/mol. The molecule has 2 rings (SSSR count). The van der Waals surface area contributed by atoms with E-state index in [-0.39, 0.29) is 24.0 Å². The molecular formula is C18H26IN3O. The van der Waals surface area contributed by atoms with Gasteiger partial charge < -0.3 is 15.4 Å². The number of ether oxygens (including phenoxy) is 1. The van der Waals surface area contributed by atoms with E-state index in [1.807, 2.05) is 12.1 Å². The van der Waals surface area contributed by atoms with Crippen molar-refractivity contribution in [2.75, 3.05) is 13.7 Å². The van der Waals surface area contributed by atoms with Crippen molar-refractivity contribution in [3.63, 3.8) is 0 Å². The molecular weight excluding hydrogens is 401 g/mol. The van der Waals surface area contributed by atoms with Crippen LogP contribution in [0, 0.1) is 0 Å². The fourth-order valence-corrected chi connectivity index (χ4v) is 2.26. The third kappa shape index (κ3) is 5.89. The molecule has 0 amide bonds. The van der Waals surface area contributed by atoms with Crippen molar-refractivity contribution >= 4 is 40.7 Å². The first-order valence-electron chi connectivity index (χ1n) is 7.74. The van der Waals surface area contributed by atoms with Crippen molar-refractivity contribution in [2.45, 2.75) is 33.4 Å². The van der Waals surface area contributed by atoms with Crippen LogP contribution >= 0.6 is 24.0 Å². The van der Waals surface area contributed by atoms with Crippen molar-refractivity contribution in [2.24, 2.45) is 4.99 Å². The van der Waals surface area contributed by atoms with Crippen LogP contribution in [0.4, 0.5) is 0 Å². The van der Waals surface area contributed by atoms with Gasteiger partial charge in [-0.1, -0.05) is 18.2 Å². The number of rotatable bonds is 5. The van der Waals surface area contributed by atoms with Gasteiger partial charge in [0.05, 0.1) is 13.7 Å². The smallest absolute Gasteiger partial charge is 0.191 e. The van der Waals surface area contributed by atoms with E-state index in [1.165, 1.54) is 16.3 Å². The Morgan fingerprint density at radius 2 is 1.83 bits per heavy atom. The molecule has 0 atom stereocenters. The highest BCUT2D eigenvalue weighted by molar-refractivity contribution is 14.0. The first kappa shape index (κ1) is 19.5. The number of methoxy groups -OCH3 is 1. The maximum absolute atomic E-state index is 5.26. The van der Waals surface area contributed by atoms with Gasteiger partial charge in [0, 0.05) is 12.6 Å². The summed E-state index contributed by atoms with van der Waals surface area (Å²) in [6, 6.07) is 12.9. The number of halogens is 1. The number of fused-ring (bicyclic) bond motifs is 1. The van der Waals surface area contributed by atoms with Gasteiger partial charge in [-0.15, -0.1) is 24.0 Å². The summed E-state index contributed by atoms with van der Waals surface area (Å²) in [5.74, 6) is 1.74. The number of benzene rings is 2. The Morgan fingerprint density at radius 3 is 2.48 bits per heavy atom. The number of hydrogen-bond acceptors (Lipinski definition) is 2. The van der Waals surface area contributed by atoms with Gasteiger partial charge in [0.2, 0.25) is 0 Å². The van der Waals surface area contributed by atoms with Crippen LogP contribution in [-0.2, 0) is 6.54 Å². The minimum Gasteiger partial charge on any atom is -0.497 e. The van der Waals surface area contributed by atoms with E-state index in [0.29, 0.717) is 12.6 Å². The van der Waals surface area contributed by atoms with Gasteiger partial charge in [0.1, 0.15) is 5.75 Å². The lowest BCUT2D eigenvalue weighted by molar-refractivity contribution is 0.415. The van der Waals surface area contributed by atoms with Gasteiger partial charge in [-0.2, -0.15) is 0 Å². The van der Waals surface area contributed by atoms with Crippen molar-refractivity contribution in [3.05, 3.63) is 42.0 Å². The minimum absolute atomic E-state index is 0. The van der Waals surface area contributed by atoms with Crippen LogP contribution in [0.25, 0.3) is 10.8 Å². The standard InChI is InChI=1S/C18H25N3O.HI/c1-5-19-18(21-13(2)3)20-12-14-6-7-16-11-17(22-4)9-8-15(16)10-14;/h6-11,13H,5,12H2,1-4H3,(H2,19,20,21);1H. The van der Waals surface area contributed by atoms with E-state index in [1.54, 1.807) is 7.11 Å². The number of hydrogen-bond donors (Lipinski definition) is 2. The largest absolute Gasteiger partial charge is 0.497 e. The Morgan fingerprint density at radius 1 is 1.13 bits per heavy atom. The molecule has 0 saturated carbocycles. The molecule has 0 aliphatic rings. The molecule has 0 radical (unpaired) electrons. The molecule has 5 heteroatoms. The molecule has 4 nitrogen and oxygen atoms in total. The lowest BCUT2D eigenvalue weighted by Gasteiger charge is -2.14. The van der Waals surface area contributed by atoms with Crippen LogP contribution < -0.4 is 15.4 Å². The highest BCUT2D eigenvalue weighted by atomic mass is 127. The second kappa shape index (κ2) is 9.60. The first-order valence-corrected chi connectivity index (χ1v) is 7.74. The molecule has 0 aliphatic heterocycles. The van der Waals surface area contributed by atoms with E-state index in [0.717, 1.165) is 18.3 Å². The van der Waals surface area contributed by atoms with Crippen molar-refractivity contribution in [3.8, 4) is 5.75 Å². The summed E-state index contributed by atoms with van der Waals surface area (Å²) in [5, 5.41) is 8.97. The SMILES string of the molecule is CCNC(=NCc1ccc2cc(OC)ccc2c1)NC(C)C.I. The fourth-order valence-electron chi connectivity index (χ4n) is 2.26. The second-order valence-electron chi connectivity index (χ2n) is 5.54. The van der Waals surface area contributed by atoms with Crippen molar-refractivity contribution in [1.29, 1.82) is 0 Å². The maximum Gasteiger partial charge on any atom is 0.191 e. The average Bonchev–Trinajstić information content (AvgIpc) is 2.51. The van der Waals surface area contributed by atoms with E-state index < -0.39 is 0 Å². The molecule has 0 spiro atoms. The molecule has 2 aromatic rings. The zero-order valence-corrected chi connectivity index (χ0v) is 16.5. The molecule has 126 valence electrons. The Hall–Kier alpha value is -1.50. The molecule has 0 unspecified atom stereocenters. The average molecular weight is 427 g/mol. The van der Waals surface area contributed by atoms with Crippen LogP contribution in [0.2, 0.25) is 0 Å². The zero-order valence-electron chi connectivity index (χ0n) is 14.2. The summed E-state index contributed by atoms with van der Waals surface area (Å²) in [7, 11) is 1.69. The molecule has 2 aromatic carbocycles. The maximum atomic E-state index is 5.26. The Balaban J connectivity index is 0.00000264. The first-order chi connectivity index (χ1) is 10.6. The summed E-state index contributed by atoms with van der Waals surface area (Å²) in [4.78, 5) is 4.63. The van der Waals surface area contributed by atoms with E-state index in [2.05, 4.69) is 60.7 Å². The molecule has 0 saturated heterocycles. The van der Waals surface area contributed by atoms with Crippen molar-refractivity contribution in [1.82, 2.24) is 10.6 Å². The summed E-state index contributed by atoms with van der Waals surface area (Å²) in [6.45, 7) is 7.80. The van der Waals surface area contributed by atoms with Gasteiger partial charge >= 0.3 is 0 Å². The third-order valence-corrected chi connectivity index (χ3v) is 3.30. The zero-order chi connectivity index (χ0) is 15.9. The molecule has 0 aliphatic carbocycles. The minimum atomic E-state index is 0. The molecule has 0 fully saturated rings. The van der Waals surface area contributed by atoms with E-state index >= 15 is 0 Å². The molecule has 0 heterocycles. The van der Waals surface area contributed by atoms with Crippen LogP contribution in [-0.4, -0.2) is 25.7 Å². The normalized spacial score (nSPS) is 11.3. The monoisotopic (exact) mass is 427 g/mol. The van der Waals surface area contributed by atoms with E-state index in [4.69, 9.17) is 4.74 Å². The Bertz CT molecular complexity index is 656. The molecule has 2 N–H and O–H groups in total. The third-order valence-electron chi connectivity index (χ3n) is 3.30. The lowest BCUT2D eigenvalue weighted by atomic mass is 10.1. The van der Waals surface area contributed by atoms with Gasteiger partial charge in [-0.25, -0.2) is 4.99 Å². The summed E-state index contributed by atoms with van der Waals surface area (Å²) in [5.41, 5.74) is 1.19. The Labute approximate surface area is 155 Å². The topological polar surface area (TPSA) is 45.7 Å². The molecule has 0 bridgehead atoms. The van der Waals surface area contributed by atoms with Gasteiger partial charge in [0.15, 0.2) is 5.96 Å². The summed E-state index contributed by atoms with van der Waals surface area (Å²) >= 11 is 0. The van der Waals surface area contributed by atoms with Crippen LogP contribution in [0.5, 0.6) is 5.75 Å². The number of nitrogens with one attached hydrogen (secondary N) is 2. The van der Waals surface area contributed by atoms with Gasteiger partial charge in [0.25, 0.3) is 0 Å². The number of aliphatic imine (C=N–C) groups is 1. The number of guanidine groups is 1. The quantitative estimate of drug-likeness (QED) is 0.432. The van der Waals surface area contributed by atoms with Crippen LogP contribution in [0.3, 0.4) is 0 Å². The molecule has 0 aromatic heterocycles. The van der Waals surface area contributed by atoms with Crippen LogP contribution in [0.15, 0.2) is 41.4 Å².